The summed E-state index contributed by atoms with van der Waals surface area (Å²) >= 11 is 0. The Balaban J connectivity index is 2.42. The lowest BCUT2D eigenvalue weighted by molar-refractivity contribution is -0.121. The standard InChI is InChI=1S/C13H23N3O/c1-10(2)6-7-15-13(17)9-16-8-4-5-12(16)11(3)14/h4-5,8,10-11H,6-7,9,14H2,1-3H3,(H,15,17). The number of carbonyl (C=O) groups is 1. The summed E-state index contributed by atoms with van der Waals surface area (Å²) in [6.07, 6.45) is 2.90. The van der Waals surface area contributed by atoms with Gasteiger partial charge in [-0.1, -0.05) is 13.8 Å². The van der Waals surface area contributed by atoms with Crippen LogP contribution in [-0.2, 0) is 11.3 Å². The van der Waals surface area contributed by atoms with Gasteiger partial charge in [-0.05, 0) is 31.4 Å². The van der Waals surface area contributed by atoms with E-state index in [1.807, 2.05) is 29.8 Å². The van der Waals surface area contributed by atoms with Crippen LogP contribution in [0.1, 0.15) is 38.9 Å². The number of hydrogen-bond donors (Lipinski definition) is 2. The molecule has 17 heavy (non-hydrogen) atoms. The summed E-state index contributed by atoms with van der Waals surface area (Å²) in [7, 11) is 0. The highest BCUT2D eigenvalue weighted by Crippen LogP contribution is 2.10. The van der Waals surface area contributed by atoms with Crippen LogP contribution in [-0.4, -0.2) is 17.0 Å². The zero-order valence-electron chi connectivity index (χ0n) is 10.9. The molecule has 1 rings (SSSR count). The van der Waals surface area contributed by atoms with Crippen LogP contribution >= 0.6 is 0 Å². The van der Waals surface area contributed by atoms with E-state index in [1.54, 1.807) is 0 Å². The van der Waals surface area contributed by atoms with Gasteiger partial charge in [-0.3, -0.25) is 4.79 Å². The highest BCUT2D eigenvalue weighted by Gasteiger charge is 2.08. The van der Waals surface area contributed by atoms with E-state index in [1.165, 1.54) is 0 Å². The first kappa shape index (κ1) is 13.8. The smallest absolute Gasteiger partial charge is 0.239 e. The molecule has 3 N–H and O–H groups in total. The summed E-state index contributed by atoms with van der Waals surface area (Å²) in [6.45, 7) is 7.30. The minimum atomic E-state index is -0.0477. The molecule has 0 saturated carbocycles. The molecule has 0 aliphatic heterocycles. The molecular formula is C13H23N3O. The Kier molecular flexibility index (Phi) is 5.22. The average Bonchev–Trinajstić information content (AvgIpc) is 2.65. The van der Waals surface area contributed by atoms with Crippen LogP contribution < -0.4 is 11.1 Å². The maximum atomic E-state index is 11.7. The Morgan fingerprint density at radius 1 is 1.47 bits per heavy atom. The van der Waals surface area contributed by atoms with Crippen molar-refractivity contribution in [3.05, 3.63) is 24.0 Å². The van der Waals surface area contributed by atoms with Gasteiger partial charge in [0, 0.05) is 24.5 Å². The second kappa shape index (κ2) is 6.45. The molecule has 0 bridgehead atoms. The monoisotopic (exact) mass is 237 g/mol. The van der Waals surface area contributed by atoms with Crippen molar-refractivity contribution in [1.29, 1.82) is 0 Å². The zero-order valence-corrected chi connectivity index (χ0v) is 10.9. The van der Waals surface area contributed by atoms with Gasteiger partial charge in [0.1, 0.15) is 6.54 Å². The predicted octanol–water partition coefficient (Wildman–Crippen LogP) is 1.67. The van der Waals surface area contributed by atoms with E-state index in [9.17, 15) is 4.79 Å². The van der Waals surface area contributed by atoms with Crippen LogP contribution in [0.4, 0.5) is 0 Å². The van der Waals surface area contributed by atoms with Gasteiger partial charge in [0.25, 0.3) is 0 Å². The van der Waals surface area contributed by atoms with Gasteiger partial charge >= 0.3 is 0 Å². The number of rotatable bonds is 6. The van der Waals surface area contributed by atoms with Crippen molar-refractivity contribution in [2.75, 3.05) is 6.54 Å². The van der Waals surface area contributed by atoms with Crippen molar-refractivity contribution in [2.24, 2.45) is 11.7 Å². The number of nitrogens with zero attached hydrogens (tertiary/aromatic N) is 1. The second-order valence-corrected chi connectivity index (χ2v) is 4.88. The van der Waals surface area contributed by atoms with Crippen LogP contribution in [0.15, 0.2) is 18.3 Å². The van der Waals surface area contributed by atoms with Gasteiger partial charge in [-0.25, -0.2) is 0 Å². The predicted molar refractivity (Wildman–Crippen MR) is 69.5 cm³/mol. The second-order valence-electron chi connectivity index (χ2n) is 4.88. The summed E-state index contributed by atoms with van der Waals surface area (Å²) in [6, 6.07) is 3.82. The molecule has 1 unspecified atom stereocenters. The number of amides is 1. The molecular weight excluding hydrogens is 214 g/mol. The van der Waals surface area contributed by atoms with Gasteiger partial charge < -0.3 is 15.6 Å². The molecule has 0 aliphatic rings. The lowest BCUT2D eigenvalue weighted by Crippen LogP contribution is -2.29. The Morgan fingerprint density at radius 3 is 2.76 bits per heavy atom. The number of carbonyl (C=O) groups excluding carboxylic acids is 1. The summed E-state index contributed by atoms with van der Waals surface area (Å²) in [4.78, 5) is 11.7. The number of aromatic nitrogens is 1. The van der Waals surface area contributed by atoms with Gasteiger partial charge in [0.05, 0.1) is 0 Å². The van der Waals surface area contributed by atoms with Crippen LogP contribution in [0, 0.1) is 5.92 Å². The first-order chi connectivity index (χ1) is 8.00. The van der Waals surface area contributed by atoms with Crippen molar-refractivity contribution in [1.82, 2.24) is 9.88 Å². The molecule has 4 nitrogen and oxygen atoms in total. The van der Waals surface area contributed by atoms with E-state index in [4.69, 9.17) is 5.73 Å². The molecule has 96 valence electrons. The molecule has 4 heteroatoms. The van der Waals surface area contributed by atoms with E-state index < -0.39 is 0 Å². The van der Waals surface area contributed by atoms with Crippen molar-refractivity contribution >= 4 is 5.91 Å². The lowest BCUT2D eigenvalue weighted by atomic mass is 10.1. The zero-order chi connectivity index (χ0) is 12.8. The Bertz CT molecular complexity index is 355. The van der Waals surface area contributed by atoms with Crippen molar-refractivity contribution in [3.63, 3.8) is 0 Å². The molecule has 0 saturated heterocycles. The van der Waals surface area contributed by atoms with Gasteiger partial charge in [0.2, 0.25) is 5.91 Å². The number of hydrogen-bond acceptors (Lipinski definition) is 2. The summed E-state index contributed by atoms with van der Waals surface area (Å²) in [5.41, 5.74) is 6.81. The fraction of sp³-hybridized carbons (Fsp3) is 0.615. The Hall–Kier alpha value is -1.29. The fourth-order valence-electron chi connectivity index (χ4n) is 1.70. The van der Waals surface area contributed by atoms with E-state index in [2.05, 4.69) is 19.2 Å². The first-order valence-electron chi connectivity index (χ1n) is 6.18. The molecule has 0 radical (unpaired) electrons. The van der Waals surface area contributed by atoms with E-state index in [0.717, 1.165) is 18.7 Å². The van der Waals surface area contributed by atoms with E-state index >= 15 is 0 Å². The third kappa shape index (κ3) is 4.61. The molecule has 1 aromatic heterocycles. The van der Waals surface area contributed by atoms with Crippen molar-refractivity contribution < 1.29 is 4.79 Å². The topological polar surface area (TPSA) is 60.0 Å². The summed E-state index contributed by atoms with van der Waals surface area (Å²) in [5, 5.41) is 2.92. The van der Waals surface area contributed by atoms with Crippen LogP contribution in [0.2, 0.25) is 0 Å². The largest absolute Gasteiger partial charge is 0.355 e. The molecule has 1 aromatic rings. The first-order valence-corrected chi connectivity index (χ1v) is 6.18. The third-order valence-electron chi connectivity index (χ3n) is 2.69. The quantitative estimate of drug-likeness (QED) is 0.790. The van der Waals surface area contributed by atoms with Crippen LogP contribution in [0.25, 0.3) is 0 Å². The maximum Gasteiger partial charge on any atom is 0.239 e. The molecule has 1 amide bonds. The minimum Gasteiger partial charge on any atom is -0.355 e. The molecule has 0 spiro atoms. The highest BCUT2D eigenvalue weighted by molar-refractivity contribution is 5.75. The fourth-order valence-corrected chi connectivity index (χ4v) is 1.70. The maximum absolute atomic E-state index is 11.7. The molecule has 1 atom stereocenters. The van der Waals surface area contributed by atoms with Gasteiger partial charge in [-0.2, -0.15) is 0 Å². The van der Waals surface area contributed by atoms with Crippen molar-refractivity contribution in [2.45, 2.75) is 39.8 Å². The molecule has 0 aromatic carbocycles. The van der Waals surface area contributed by atoms with E-state index in [-0.39, 0.29) is 11.9 Å². The van der Waals surface area contributed by atoms with Crippen molar-refractivity contribution in [3.8, 4) is 0 Å². The van der Waals surface area contributed by atoms with Crippen LogP contribution in [0.3, 0.4) is 0 Å². The minimum absolute atomic E-state index is 0.0451. The lowest BCUT2D eigenvalue weighted by Gasteiger charge is -2.12. The van der Waals surface area contributed by atoms with Gasteiger partial charge in [0.15, 0.2) is 0 Å². The SMILES string of the molecule is CC(C)CCNC(=O)Cn1cccc1C(C)N. The normalized spacial score (nSPS) is 12.8. The summed E-state index contributed by atoms with van der Waals surface area (Å²) in [5.74, 6) is 0.658. The van der Waals surface area contributed by atoms with E-state index in [0.29, 0.717) is 12.5 Å². The number of nitrogens with one attached hydrogen (secondary N) is 1. The third-order valence-corrected chi connectivity index (χ3v) is 2.69. The molecule has 0 fully saturated rings. The Morgan fingerprint density at radius 2 is 2.18 bits per heavy atom. The average molecular weight is 237 g/mol. The number of nitrogens with two attached hydrogens (primary N) is 1. The van der Waals surface area contributed by atoms with Gasteiger partial charge in [-0.15, -0.1) is 0 Å². The molecule has 1 heterocycles. The molecule has 0 aliphatic carbocycles. The Labute approximate surface area is 103 Å². The highest BCUT2D eigenvalue weighted by atomic mass is 16.1. The van der Waals surface area contributed by atoms with Crippen LogP contribution in [0.5, 0.6) is 0 Å². The summed E-state index contributed by atoms with van der Waals surface area (Å²) < 4.78 is 1.90.